The van der Waals surface area contributed by atoms with Gasteiger partial charge in [0, 0.05) is 19.0 Å². The number of fused-ring (bicyclic) bond motifs is 2. The van der Waals surface area contributed by atoms with Crippen molar-refractivity contribution in [1.82, 2.24) is 25.7 Å². The number of likely N-dealkylation sites (tertiary alicyclic amines) is 1. The average molecular weight is 428 g/mol. The minimum absolute atomic E-state index is 0.0798. The highest BCUT2D eigenvalue weighted by Crippen LogP contribution is 2.35. The van der Waals surface area contributed by atoms with Crippen molar-refractivity contribution in [3.05, 3.63) is 0 Å². The number of carbonyl (C=O) groups is 3. The Labute approximate surface area is 176 Å². The zero-order valence-corrected chi connectivity index (χ0v) is 18.1. The highest BCUT2D eigenvalue weighted by molar-refractivity contribution is 5.88. The van der Waals surface area contributed by atoms with Gasteiger partial charge in [-0.3, -0.25) is 20.2 Å². The molecule has 0 saturated carbocycles. The first-order valence-corrected chi connectivity index (χ1v) is 10.4. The topological polar surface area (TPSA) is 124 Å². The third-order valence-electron chi connectivity index (χ3n) is 5.90. The van der Waals surface area contributed by atoms with Crippen molar-refractivity contribution in [2.45, 2.75) is 63.8 Å². The molecular weight excluding hydrogens is 394 g/mol. The summed E-state index contributed by atoms with van der Waals surface area (Å²) in [6.07, 6.45) is 2.24. The molecule has 0 aromatic rings. The molecule has 3 saturated heterocycles. The Balaban J connectivity index is 1.46. The second-order valence-electron chi connectivity index (χ2n) is 9.27. The summed E-state index contributed by atoms with van der Waals surface area (Å²) in [5, 5.41) is 13.7. The highest BCUT2D eigenvalue weighted by atomic mass is 16.7. The summed E-state index contributed by atoms with van der Waals surface area (Å²) in [7, 11) is 1.67. The third-order valence-corrected chi connectivity index (χ3v) is 5.90. The number of likely N-dealkylation sites (N-methyl/N-ethyl adjacent to an activating group) is 1. The molecule has 3 heterocycles. The van der Waals surface area contributed by atoms with Crippen molar-refractivity contribution in [3.63, 3.8) is 0 Å². The van der Waals surface area contributed by atoms with Gasteiger partial charge in [-0.15, -0.1) is 0 Å². The molecule has 2 bridgehead atoms. The maximum Gasteiger partial charge on any atom is 0.410 e. The lowest BCUT2D eigenvalue weighted by Gasteiger charge is -2.37. The molecule has 3 N–H and O–H groups in total. The predicted octanol–water partition coefficient (Wildman–Crippen LogP) is 0.886. The molecule has 3 rings (SSSR count). The number of hydrogen-bond donors (Lipinski definition) is 3. The SMILES string of the molecule is CN[C@@]12CC[C@@H](C(=O)NOCC3CCCN(C(=O)OC(C)(C)C)C3)N(C1)C(=O)N2O. The normalized spacial score (nSPS) is 29.2. The Hall–Kier alpha value is -2.11. The minimum Gasteiger partial charge on any atom is -0.444 e. The number of urea groups is 1. The highest BCUT2D eigenvalue weighted by Gasteiger charge is 2.56. The number of carbonyl (C=O) groups excluding carboxylic acids is 3. The van der Waals surface area contributed by atoms with E-state index < -0.39 is 29.2 Å². The van der Waals surface area contributed by atoms with Crippen molar-refractivity contribution in [1.29, 1.82) is 0 Å². The molecule has 3 aliphatic heterocycles. The predicted molar refractivity (Wildman–Crippen MR) is 105 cm³/mol. The molecule has 0 radical (unpaired) electrons. The summed E-state index contributed by atoms with van der Waals surface area (Å²) < 4.78 is 5.42. The first kappa shape index (κ1) is 22.6. The van der Waals surface area contributed by atoms with E-state index >= 15 is 0 Å². The molecule has 3 fully saturated rings. The number of rotatable bonds is 5. The monoisotopic (exact) mass is 427 g/mol. The Morgan fingerprint density at radius 1 is 1.30 bits per heavy atom. The number of hydrogen-bond acceptors (Lipinski definition) is 7. The van der Waals surface area contributed by atoms with E-state index in [0.717, 1.165) is 12.8 Å². The number of nitrogens with zero attached hydrogens (tertiary/aromatic N) is 3. The average Bonchev–Trinajstić information content (AvgIpc) is 2.88. The second-order valence-corrected chi connectivity index (χ2v) is 9.27. The van der Waals surface area contributed by atoms with Gasteiger partial charge in [0.1, 0.15) is 17.3 Å². The Bertz CT molecular complexity index is 683. The van der Waals surface area contributed by atoms with Gasteiger partial charge < -0.3 is 14.5 Å². The summed E-state index contributed by atoms with van der Waals surface area (Å²) in [5.74, 6) is -0.334. The van der Waals surface area contributed by atoms with Crippen LogP contribution in [0.5, 0.6) is 0 Å². The van der Waals surface area contributed by atoms with E-state index in [9.17, 15) is 19.6 Å². The first-order valence-electron chi connectivity index (χ1n) is 10.4. The van der Waals surface area contributed by atoms with Crippen molar-refractivity contribution in [3.8, 4) is 0 Å². The number of hydroxylamine groups is 3. The molecule has 11 heteroatoms. The molecule has 3 aliphatic rings. The van der Waals surface area contributed by atoms with Crippen LogP contribution in [0.25, 0.3) is 0 Å². The van der Waals surface area contributed by atoms with Gasteiger partial charge in [-0.1, -0.05) is 0 Å². The lowest BCUT2D eigenvalue weighted by Crippen LogP contribution is -2.59. The van der Waals surface area contributed by atoms with Crippen LogP contribution in [0.4, 0.5) is 9.59 Å². The second kappa shape index (κ2) is 8.56. The standard InChI is InChI=1S/C19H33N5O6/c1-18(2,3)30-17(27)22-9-5-6-13(10-22)11-29-21-15(25)14-7-8-19(20-4)12-23(14)16(26)24(19)28/h13-14,20,28H,5-12H2,1-4H3,(H,21,25)/t13?,14-,19+/m0/s1. The molecule has 1 unspecified atom stereocenters. The molecule has 4 amide bonds. The fraction of sp³-hybridized carbons (Fsp3) is 0.842. The van der Waals surface area contributed by atoms with Gasteiger partial charge in [-0.2, -0.15) is 5.06 Å². The Morgan fingerprint density at radius 3 is 2.70 bits per heavy atom. The van der Waals surface area contributed by atoms with E-state index in [1.54, 1.807) is 11.9 Å². The van der Waals surface area contributed by atoms with E-state index in [0.29, 0.717) is 31.0 Å². The maximum atomic E-state index is 12.6. The summed E-state index contributed by atoms with van der Waals surface area (Å²) in [4.78, 5) is 45.5. The molecule has 11 nitrogen and oxygen atoms in total. The largest absolute Gasteiger partial charge is 0.444 e. The number of nitrogens with one attached hydrogen (secondary N) is 2. The zero-order chi connectivity index (χ0) is 22.1. The summed E-state index contributed by atoms with van der Waals surface area (Å²) in [5.41, 5.74) is 1.05. The summed E-state index contributed by atoms with van der Waals surface area (Å²) >= 11 is 0. The first-order chi connectivity index (χ1) is 14.1. The fourth-order valence-corrected chi connectivity index (χ4v) is 4.26. The molecule has 30 heavy (non-hydrogen) atoms. The Kier molecular flexibility index (Phi) is 6.44. The van der Waals surface area contributed by atoms with Crippen LogP contribution in [-0.4, -0.2) is 88.7 Å². The minimum atomic E-state index is -0.845. The molecule has 3 atom stereocenters. The smallest absolute Gasteiger partial charge is 0.410 e. The molecule has 0 aromatic heterocycles. The van der Waals surface area contributed by atoms with Crippen LogP contribution in [-0.2, 0) is 14.4 Å². The lowest BCUT2D eigenvalue weighted by atomic mass is 9.95. The maximum absolute atomic E-state index is 12.6. The van der Waals surface area contributed by atoms with Crippen molar-refractivity contribution < 1.29 is 29.2 Å². The van der Waals surface area contributed by atoms with Gasteiger partial charge in [0.25, 0.3) is 5.91 Å². The van der Waals surface area contributed by atoms with Crippen molar-refractivity contribution in [2.75, 3.05) is 33.3 Å². The quantitative estimate of drug-likeness (QED) is 0.440. The van der Waals surface area contributed by atoms with E-state index in [1.807, 2.05) is 20.8 Å². The van der Waals surface area contributed by atoms with Crippen LogP contribution in [0.3, 0.4) is 0 Å². The van der Waals surface area contributed by atoms with Crippen LogP contribution in [0.15, 0.2) is 0 Å². The third kappa shape index (κ3) is 4.62. The molecule has 0 aliphatic carbocycles. The number of amides is 4. The molecular formula is C19H33N5O6. The van der Waals surface area contributed by atoms with Crippen LogP contribution in [0.2, 0.25) is 0 Å². The number of ether oxygens (including phenoxy) is 1. The van der Waals surface area contributed by atoms with Gasteiger partial charge in [-0.05, 0) is 53.5 Å². The van der Waals surface area contributed by atoms with E-state index in [2.05, 4.69) is 10.8 Å². The molecule has 170 valence electrons. The van der Waals surface area contributed by atoms with Gasteiger partial charge in [0.2, 0.25) is 0 Å². The number of piperidine rings is 2. The lowest BCUT2D eigenvalue weighted by molar-refractivity contribution is -0.142. The van der Waals surface area contributed by atoms with Gasteiger partial charge in [0.15, 0.2) is 0 Å². The van der Waals surface area contributed by atoms with E-state index in [4.69, 9.17) is 9.57 Å². The van der Waals surface area contributed by atoms with Crippen molar-refractivity contribution >= 4 is 18.0 Å². The van der Waals surface area contributed by atoms with Crippen LogP contribution in [0.1, 0.15) is 46.5 Å². The van der Waals surface area contributed by atoms with E-state index in [-0.39, 0.29) is 25.2 Å². The fourth-order valence-electron chi connectivity index (χ4n) is 4.26. The molecule has 0 aromatic carbocycles. The van der Waals surface area contributed by atoms with Crippen LogP contribution < -0.4 is 10.8 Å². The Morgan fingerprint density at radius 2 is 2.03 bits per heavy atom. The summed E-state index contributed by atoms with van der Waals surface area (Å²) in [6.45, 7) is 7.13. The van der Waals surface area contributed by atoms with Crippen LogP contribution >= 0.6 is 0 Å². The zero-order valence-electron chi connectivity index (χ0n) is 18.1. The van der Waals surface area contributed by atoms with Crippen molar-refractivity contribution in [2.24, 2.45) is 5.92 Å². The summed E-state index contributed by atoms with van der Waals surface area (Å²) in [6, 6.07) is -1.29. The van der Waals surface area contributed by atoms with E-state index in [1.165, 1.54) is 4.90 Å². The van der Waals surface area contributed by atoms with Crippen LogP contribution in [0, 0.1) is 5.92 Å². The molecule has 0 spiro atoms. The van der Waals surface area contributed by atoms with Gasteiger partial charge >= 0.3 is 12.1 Å². The van der Waals surface area contributed by atoms with Gasteiger partial charge in [0.05, 0.1) is 13.2 Å². The van der Waals surface area contributed by atoms with Gasteiger partial charge in [-0.25, -0.2) is 15.1 Å².